The van der Waals surface area contributed by atoms with Crippen molar-refractivity contribution in [2.75, 3.05) is 18.4 Å². The van der Waals surface area contributed by atoms with Crippen LogP contribution in [0.25, 0.3) is 11.0 Å². The topological polar surface area (TPSA) is 87.2 Å². The van der Waals surface area contributed by atoms with Crippen molar-refractivity contribution in [2.24, 2.45) is 0 Å². The molecule has 134 valence electrons. The van der Waals surface area contributed by atoms with Gasteiger partial charge in [-0.2, -0.15) is 0 Å². The molecule has 1 aliphatic rings. The van der Waals surface area contributed by atoms with Crippen molar-refractivity contribution >= 4 is 45.8 Å². The highest BCUT2D eigenvalue weighted by Gasteiger charge is 2.31. The highest BCUT2D eigenvalue weighted by Crippen LogP contribution is 2.39. The molecule has 1 unspecified atom stereocenters. The van der Waals surface area contributed by atoms with Gasteiger partial charge in [0.25, 0.3) is 0 Å². The summed E-state index contributed by atoms with van der Waals surface area (Å²) in [7, 11) is 0. The van der Waals surface area contributed by atoms with Crippen LogP contribution in [0.15, 0.2) is 15.7 Å². The number of nitrogens with one attached hydrogen (secondary N) is 2. The van der Waals surface area contributed by atoms with Crippen LogP contribution in [-0.2, 0) is 4.79 Å². The van der Waals surface area contributed by atoms with Gasteiger partial charge in [0.05, 0.1) is 33.3 Å². The zero-order valence-electron chi connectivity index (χ0n) is 13.9. The van der Waals surface area contributed by atoms with Crippen LogP contribution in [-0.4, -0.2) is 33.4 Å². The fourth-order valence-electron chi connectivity index (χ4n) is 3.17. The lowest BCUT2D eigenvalue weighted by atomic mass is 10.1. The van der Waals surface area contributed by atoms with Crippen molar-refractivity contribution in [3.05, 3.63) is 36.8 Å². The van der Waals surface area contributed by atoms with Gasteiger partial charge in [0, 0.05) is 13.5 Å². The average Bonchev–Trinajstić information content (AvgIpc) is 2.57. The van der Waals surface area contributed by atoms with Gasteiger partial charge in [-0.05, 0) is 12.5 Å². The number of H-pyrrole nitrogens is 1. The van der Waals surface area contributed by atoms with E-state index >= 15 is 0 Å². The molecule has 0 radical (unpaired) electrons. The van der Waals surface area contributed by atoms with Crippen LogP contribution in [0.3, 0.4) is 0 Å². The predicted molar refractivity (Wildman–Crippen MR) is 98.7 cm³/mol. The maximum absolute atomic E-state index is 12.6. The van der Waals surface area contributed by atoms with Gasteiger partial charge >= 0.3 is 11.1 Å². The third-order valence-corrected chi connectivity index (χ3v) is 5.16. The van der Waals surface area contributed by atoms with Gasteiger partial charge in [0.2, 0.25) is 5.91 Å². The van der Waals surface area contributed by atoms with Crippen LogP contribution in [0.2, 0.25) is 10.0 Å². The first kappa shape index (κ1) is 17.8. The van der Waals surface area contributed by atoms with Gasteiger partial charge < -0.3 is 15.2 Å². The summed E-state index contributed by atoms with van der Waals surface area (Å²) in [6.07, 6.45) is 1.10. The Morgan fingerprint density at radius 3 is 2.76 bits per heavy atom. The monoisotopic (exact) mass is 384 g/mol. The fraction of sp³-hybridized carbons (Fsp3) is 0.438. The lowest BCUT2D eigenvalue weighted by molar-refractivity contribution is -0.132. The van der Waals surface area contributed by atoms with Crippen LogP contribution in [0, 0.1) is 0 Å². The Balaban J connectivity index is 2.30. The molecular formula is C16H18Cl2N4O3. The van der Waals surface area contributed by atoms with E-state index in [0.717, 1.165) is 12.8 Å². The molecule has 0 saturated heterocycles. The molecule has 0 fully saturated rings. The van der Waals surface area contributed by atoms with Gasteiger partial charge in [-0.25, -0.2) is 0 Å². The lowest BCUT2D eigenvalue weighted by Gasteiger charge is -2.37. The van der Waals surface area contributed by atoms with Crippen molar-refractivity contribution < 1.29 is 4.79 Å². The van der Waals surface area contributed by atoms with E-state index < -0.39 is 17.3 Å². The first-order valence-corrected chi connectivity index (χ1v) is 8.80. The highest BCUT2D eigenvalue weighted by molar-refractivity contribution is 6.45. The molecule has 1 aliphatic heterocycles. The first-order valence-electron chi connectivity index (χ1n) is 8.04. The number of hydrogen-bond donors (Lipinski definition) is 2. The third-order valence-electron chi connectivity index (χ3n) is 4.37. The van der Waals surface area contributed by atoms with E-state index in [2.05, 4.69) is 10.3 Å². The number of unbranched alkanes of at least 4 members (excludes halogenated alkanes) is 1. The number of hydrogen-bond acceptors (Lipinski definition) is 4. The molecule has 0 spiro atoms. The fourth-order valence-corrected chi connectivity index (χ4v) is 3.59. The van der Waals surface area contributed by atoms with Crippen LogP contribution in [0.1, 0.15) is 32.9 Å². The van der Waals surface area contributed by atoms with E-state index in [1.807, 2.05) is 6.92 Å². The Hall–Kier alpha value is -1.99. The standard InChI is InChI=1S/C16H18Cl2N4O3/c1-3-4-5-21(8(2)23)11-7-19-13-12(18)9(17)6-10-14(13)22(11)16(25)15(24)20-10/h6,11,19H,3-5,7H2,1-2H3,(H,20,24). The third kappa shape index (κ3) is 2.91. The number of carbonyl (C=O) groups excluding carboxylic acids is 1. The van der Waals surface area contributed by atoms with Crippen molar-refractivity contribution in [3.8, 4) is 0 Å². The van der Waals surface area contributed by atoms with Crippen molar-refractivity contribution in [1.82, 2.24) is 14.5 Å². The van der Waals surface area contributed by atoms with Gasteiger partial charge in [0.1, 0.15) is 6.17 Å². The highest BCUT2D eigenvalue weighted by atomic mass is 35.5. The molecule has 1 amide bonds. The number of benzene rings is 1. The minimum atomic E-state index is -0.761. The van der Waals surface area contributed by atoms with Crippen LogP contribution >= 0.6 is 23.2 Å². The van der Waals surface area contributed by atoms with Crippen molar-refractivity contribution in [1.29, 1.82) is 0 Å². The van der Waals surface area contributed by atoms with E-state index in [1.165, 1.54) is 17.6 Å². The van der Waals surface area contributed by atoms with E-state index in [9.17, 15) is 14.4 Å². The number of aromatic amines is 1. The molecule has 1 atom stereocenters. The largest absolute Gasteiger partial charge is 0.378 e. The maximum Gasteiger partial charge on any atom is 0.318 e. The van der Waals surface area contributed by atoms with E-state index in [1.54, 1.807) is 4.90 Å². The number of anilines is 1. The number of rotatable bonds is 4. The maximum atomic E-state index is 12.6. The first-order chi connectivity index (χ1) is 11.9. The summed E-state index contributed by atoms with van der Waals surface area (Å²) in [4.78, 5) is 41.0. The van der Waals surface area contributed by atoms with Gasteiger partial charge in [-0.15, -0.1) is 0 Å². The van der Waals surface area contributed by atoms with Crippen LogP contribution in [0.5, 0.6) is 0 Å². The quantitative estimate of drug-likeness (QED) is 0.792. The zero-order chi connectivity index (χ0) is 18.3. The molecule has 2 aromatic rings. The zero-order valence-corrected chi connectivity index (χ0v) is 15.4. The Labute approximate surface area is 153 Å². The Morgan fingerprint density at radius 2 is 2.12 bits per heavy atom. The molecule has 1 aromatic heterocycles. The van der Waals surface area contributed by atoms with Gasteiger partial charge in [-0.3, -0.25) is 19.0 Å². The van der Waals surface area contributed by atoms with E-state index in [4.69, 9.17) is 23.2 Å². The molecule has 2 N–H and O–H groups in total. The summed E-state index contributed by atoms with van der Waals surface area (Å²) in [5.74, 6) is -0.163. The Bertz CT molecular complexity index is 966. The molecule has 7 nitrogen and oxygen atoms in total. The van der Waals surface area contributed by atoms with Gasteiger partial charge in [-0.1, -0.05) is 36.5 Å². The SMILES string of the molecule is CCCCN(C(C)=O)C1CNc2c(Cl)c(Cl)cc3[nH]c(=O)c(=O)n1c23. The predicted octanol–water partition coefficient (Wildman–Crippen LogP) is 2.57. The Morgan fingerprint density at radius 1 is 1.40 bits per heavy atom. The Kier molecular flexibility index (Phi) is 4.79. The number of nitrogens with zero attached hydrogens (tertiary/aromatic N) is 2. The van der Waals surface area contributed by atoms with Gasteiger partial charge in [0.15, 0.2) is 0 Å². The minimum absolute atomic E-state index is 0.163. The molecule has 1 aromatic carbocycles. The summed E-state index contributed by atoms with van der Waals surface area (Å²) in [5.41, 5.74) is -0.167. The van der Waals surface area contributed by atoms with Crippen LogP contribution in [0.4, 0.5) is 5.69 Å². The van der Waals surface area contributed by atoms with Crippen LogP contribution < -0.4 is 16.4 Å². The molecule has 9 heteroatoms. The van der Waals surface area contributed by atoms with E-state index in [-0.39, 0.29) is 22.5 Å². The average molecular weight is 385 g/mol. The van der Waals surface area contributed by atoms with E-state index in [0.29, 0.717) is 23.3 Å². The minimum Gasteiger partial charge on any atom is -0.378 e. The molecule has 25 heavy (non-hydrogen) atoms. The normalized spacial score (nSPS) is 15.9. The second-order valence-corrected chi connectivity index (χ2v) is 6.79. The second-order valence-electron chi connectivity index (χ2n) is 6.00. The molecule has 0 aliphatic carbocycles. The van der Waals surface area contributed by atoms with Crippen molar-refractivity contribution in [3.63, 3.8) is 0 Å². The molecule has 3 rings (SSSR count). The number of aromatic nitrogens is 2. The number of halogens is 2. The molecule has 0 saturated carbocycles. The summed E-state index contributed by atoms with van der Waals surface area (Å²) < 4.78 is 1.35. The second kappa shape index (κ2) is 6.72. The number of amides is 1. The molecular weight excluding hydrogens is 367 g/mol. The summed E-state index contributed by atoms with van der Waals surface area (Å²) >= 11 is 12.4. The number of carbonyl (C=O) groups is 1. The summed E-state index contributed by atoms with van der Waals surface area (Å²) in [5, 5.41) is 3.70. The summed E-state index contributed by atoms with van der Waals surface area (Å²) in [6.45, 7) is 4.23. The molecule has 2 heterocycles. The molecule has 0 bridgehead atoms. The smallest absolute Gasteiger partial charge is 0.318 e. The van der Waals surface area contributed by atoms with Crippen molar-refractivity contribution in [2.45, 2.75) is 32.9 Å². The lowest BCUT2D eigenvalue weighted by Crippen LogP contribution is -2.50. The summed E-state index contributed by atoms with van der Waals surface area (Å²) in [6, 6.07) is 1.51.